The SMILES string of the molecule is COc1cc(O)c(C(C)=O)cc1Cc1c(OC)ccc(C(C)=O)c1O. The first-order chi connectivity index (χ1) is 11.8. The molecule has 0 aliphatic carbocycles. The van der Waals surface area contributed by atoms with Crippen molar-refractivity contribution in [3.63, 3.8) is 0 Å². The highest BCUT2D eigenvalue weighted by molar-refractivity contribution is 5.98. The minimum atomic E-state index is -0.296. The minimum absolute atomic E-state index is 0.150. The quantitative estimate of drug-likeness (QED) is 0.782. The Labute approximate surface area is 145 Å². The standard InChI is InChI=1S/C19H20O6/c1-10(20)13-5-6-17(24-3)15(19(13)23)8-12-7-14(11(2)21)16(22)9-18(12)25-4/h5-7,9,22-23H,8H2,1-4H3. The molecule has 6 nitrogen and oxygen atoms in total. The zero-order valence-corrected chi connectivity index (χ0v) is 14.5. The first-order valence-corrected chi connectivity index (χ1v) is 7.60. The molecule has 25 heavy (non-hydrogen) atoms. The van der Waals surface area contributed by atoms with Gasteiger partial charge < -0.3 is 19.7 Å². The Balaban J connectivity index is 2.63. The van der Waals surface area contributed by atoms with Gasteiger partial charge in [-0.05, 0) is 37.6 Å². The van der Waals surface area contributed by atoms with Crippen LogP contribution in [0, 0.1) is 0 Å². The lowest BCUT2D eigenvalue weighted by Crippen LogP contribution is -2.03. The maximum absolute atomic E-state index is 11.7. The van der Waals surface area contributed by atoms with Crippen molar-refractivity contribution >= 4 is 11.6 Å². The predicted molar refractivity (Wildman–Crippen MR) is 92.1 cm³/mol. The van der Waals surface area contributed by atoms with E-state index in [9.17, 15) is 19.8 Å². The van der Waals surface area contributed by atoms with E-state index < -0.39 is 0 Å². The highest BCUT2D eigenvalue weighted by Gasteiger charge is 2.20. The number of benzene rings is 2. The van der Waals surface area contributed by atoms with Crippen LogP contribution >= 0.6 is 0 Å². The van der Waals surface area contributed by atoms with Crippen molar-refractivity contribution in [2.75, 3.05) is 14.2 Å². The van der Waals surface area contributed by atoms with Gasteiger partial charge in [-0.1, -0.05) is 0 Å². The highest BCUT2D eigenvalue weighted by atomic mass is 16.5. The van der Waals surface area contributed by atoms with E-state index in [-0.39, 0.29) is 40.6 Å². The Morgan fingerprint density at radius 3 is 2.04 bits per heavy atom. The number of aromatic hydroxyl groups is 2. The number of Topliss-reactive ketones (excluding diaryl/α,β-unsaturated/α-hetero) is 2. The lowest BCUT2D eigenvalue weighted by molar-refractivity contribution is 0.100. The molecule has 0 unspecified atom stereocenters. The van der Waals surface area contributed by atoms with E-state index in [0.717, 1.165) is 0 Å². The second-order valence-corrected chi connectivity index (χ2v) is 5.61. The molecule has 6 heteroatoms. The van der Waals surface area contributed by atoms with Crippen LogP contribution in [0.15, 0.2) is 24.3 Å². The molecule has 0 saturated carbocycles. The molecule has 0 atom stereocenters. The zero-order chi connectivity index (χ0) is 18.7. The molecule has 0 heterocycles. The number of hydrogen-bond donors (Lipinski definition) is 2. The molecular weight excluding hydrogens is 324 g/mol. The molecule has 132 valence electrons. The van der Waals surface area contributed by atoms with E-state index in [2.05, 4.69) is 0 Å². The van der Waals surface area contributed by atoms with Gasteiger partial charge in [-0.2, -0.15) is 0 Å². The molecule has 0 bridgehead atoms. The molecule has 0 aliphatic rings. The number of carbonyl (C=O) groups excluding carboxylic acids is 2. The molecule has 0 aromatic heterocycles. The summed E-state index contributed by atoms with van der Waals surface area (Å²) in [7, 11) is 2.90. The first-order valence-electron chi connectivity index (χ1n) is 7.60. The van der Waals surface area contributed by atoms with Gasteiger partial charge in [0, 0.05) is 18.1 Å². The number of methoxy groups -OCH3 is 2. The van der Waals surface area contributed by atoms with Gasteiger partial charge in [0.05, 0.1) is 25.3 Å². The van der Waals surface area contributed by atoms with Crippen molar-refractivity contribution in [3.8, 4) is 23.0 Å². The summed E-state index contributed by atoms with van der Waals surface area (Å²) in [6.07, 6.45) is 0.153. The number of carbonyl (C=O) groups is 2. The summed E-state index contributed by atoms with van der Waals surface area (Å²) in [5, 5.41) is 20.4. The molecule has 2 N–H and O–H groups in total. The van der Waals surface area contributed by atoms with Crippen molar-refractivity contribution in [2.24, 2.45) is 0 Å². The van der Waals surface area contributed by atoms with E-state index in [1.807, 2.05) is 0 Å². The van der Waals surface area contributed by atoms with Crippen molar-refractivity contribution in [1.82, 2.24) is 0 Å². The summed E-state index contributed by atoms with van der Waals surface area (Å²) < 4.78 is 10.5. The van der Waals surface area contributed by atoms with Crippen molar-refractivity contribution < 1.29 is 29.3 Å². The van der Waals surface area contributed by atoms with Crippen LogP contribution < -0.4 is 9.47 Å². The molecule has 0 fully saturated rings. The highest BCUT2D eigenvalue weighted by Crippen LogP contribution is 2.37. The zero-order valence-electron chi connectivity index (χ0n) is 14.5. The van der Waals surface area contributed by atoms with Crippen LogP contribution in [0.5, 0.6) is 23.0 Å². The van der Waals surface area contributed by atoms with Gasteiger partial charge in [0.15, 0.2) is 11.6 Å². The maximum Gasteiger partial charge on any atom is 0.163 e. The third-order valence-corrected chi connectivity index (χ3v) is 3.98. The summed E-state index contributed by atoms with van der Waals surface area (Å²) in [5.74, 6) is -0.161. The second kappa shape index (κ2) is 7.25. The predicted octanol–water partition coefficient (Wildman–Crippen LogP) is 3.11. The first kappa shape index (κ1) is 18.3. The van der Waals surface area contributed by atoms with E-state index in [0.29, 0.717) is 22.6 Å². The van der Waals surface area contributed by atoms with Gasteiger partial charge in [0.1, 0.15) is 23.0 Å². The summed E-state index contributed by atoms with van der Waals surface area (Å²) in [4.78, 5) is 23.4. The van der Waals surface area contributed by atoms with Gasteiger partial charge in [-0.15, -0.1) is 0 Å². The van der Waals surface area contributed by atoms with Gasteiger partial charge in [0.2, 0.25) is 0 Å². The molecule has 0 amide bonds. The number of rotatable bonds is 6. The third kappa shape index (κ3) is 3.57. The van der Waals surface area contributed by atoms with E-state index in [1.54, 1.807) is 6.07 Å². The number of ether oxygens (including phenoxy) is 2. The van der Waals surface area contributed by atoms with Gasteiger partial charge >= 0.3 is 0 Å². The molecule has 2 aromatic carbocycles. The molecule has 2 rings (SSSR count). The molecule has 2 aromatic rings. The Hall–Kier alpha value is -3.02. The molecular formula is C19H20O6. The van der Waals surface area contributed by atoms with Crippen LogP contribution in [-0.4, -0.2) is 36.0 Å². The molecule has 0 saturated heterocycles. The molecule has 0 aliphatic heterocycles. The van der Waals surface area contributed by atoms with Crippen molar-refractivity contribution in [2.45, 2.75) is 20.3 Å². The number of hydrogen-bond acceptors (Lipinski definition) is 6. The maximum atomic E-state index is 11.7. The fourth-order valence-corrected chi connectivity index (χ4v) is 2.68. The van der Waals surface area contributed by atoms with E-state index in [4.69, 9.17) is 9.47 Å². The summed E-state index contributed by atoms with van der Waals surface area (Å²) in [6, 6.07) is 5.96. The summed E-state index contributed by atoms with van der Waals surface area (Å²) in [6.45, 7) is 2.71. The average molecular weight is 344 g/mol. The fraction of sp³-hybridized carbons (Fsp3) is 0.263. The van der Waals surface area contributed by atoms with Gasteiger partial charge in [-0.25, -0.2) is 0 Å². The summed E-state index contributed by atoms with van der Waals surface area (Å²) >= 11 is 0. The van der Waals surface area contributed by atoms with Gasteiger partial charge in [-0.3, -0.25) is 9.59 Å². The van der Waals surface area contributed by atoms with Crippen LogP contribution in [0.25, 0.3) is 0 Å². The normalized spacial score (nSPS) is 10.4. The topological polar surface area (TPSA) is 93.1 Å². The Morgan fingerprint density at radius 1 is 0.920 bits per heavy atom. The fourth-order valence-electron chi connectivity index (χ4n) is 2.68. The van der Waals surface area contributed by atoms with Crippen LogP contribution in [-0.2, 0) is 6.42 Å². The van der Waals surface area contributed by atoms with Crippen LogP contribution in [0.3, 0.4) is 0 Å². The minimum Gasteiger partial charge on any atom is -0.507 e. The van der Waals surface area contributed by atoms with Crippen molar-refractivity contribution in [1.29, 1.82) is 0 Å². The Morgan fingerprint density at radius 2 is 1.52 bits per heavy atom. The van der Waals surface area contributed by atoms with Crippen LogP contribution in [0.4, 0.5) is 0 Å². The Kier molecular flexibility index (Phi) is 5.32. The third-order valence-electron chi connectivity index (χ3n) is 3.98. The number of phenols is 2. The van der Waals surface area contributed by atoms with Crippen molar-refractivity contribution in [3.05, 3.63) is 46.5 Å². The lowest BCUT2D eigenvalue weighted by atomic mass is 9.96. The Bertz CT molecular complexity index is 838. The number of phenolic OH excluding ortho intramolecular Hbond substituents is 2. The van der Waals surface area contributed by atoms with Gasteiger partial charge in [0.25, 0.3) is 0 Å². The van der Waals surface area contributed by atoms with Crippen LogP contribution in [0.1, 0.15) is 45.7 Å². The largest absolute Gasteiger partial charge is 0.507 e. The van der Waals surface area contributed by atoms with Crippen LogP contribution in [0.2, 0.25) is 0 Å². The monoisotopic (exact) mass is 344 g/mol. The average Bonchev–Trinajstić information content (AvgIpc) is 2.56. The molecule has 0 spiro atoms. The smallest absolute Gasteiger partial charge is 0.163 e. The molecule has 0 radical (unpaired) electrons. The van der Waals surface area contributed by atoms with E-state index >= 15 is 0 Å². The summed E-state index contributed by atoms with van der Waals surface area (Å²) in [5.41, 5.74) is 1.30. The second-order valence-electron chi connectivity index (χ2n) is 5.61. The lowest BCUT2D eigenvalue weighted by Gasteiger charge is -2.16. The van der Waals surface area contributed by atoms with E-state index in [1.165, 1.54) is 46.3 Å². The number of ketones is 2.